The zero-order chi connectivity index (χ0) is 38.2. The van der Waals surface area contributed by atoms with Gasteiger partial charge in [-0.3, -0.25) is 0 Å². The number of hydrogen-bond acceptors (Lipinski definition) is 3. The van der Waals surface area contributed by atoms with Crippen LogP contribution in [-0.2, 0) is 0 Å². The Morgan fingerprint density at radius 3 is 1.91 bits per heavy atom. The number of nitrogens with zero attached hydrogens (tertiary/aromatic N) is 2. The van der Waals surface area contributed by atoms with E-state index in [-0.39, 0.29) is 0 Å². The molecule has 0 bridgehead atoms. The second kappa shape index (κ2) is 13.1. The van der Waals surface area contributed by atoms with E-state index in [2.05, 4.69) is 210 Å². The van der Waals surface area contributed by atoms with E-state index in [0.717, 1.165) is 44.7 Å². The molecule has 0 amide bonds. The lowest BCUT2D eigenvalue weighted by atomic mass is 9.98. The molecule has 0 saturated carbocycles. The number of fused-ring (bicyclic) bond motifs is 9. The van der Waals surface area contributed by atoms with E-state index in [1.165, 1.54) is 64.2 Å². The average molecular weight is 759 g/mol. The van der Waals surface area contributed by atoms with Crippen molar-refractivity contribution in [2.45, 2.75) is 0 Å². The van der Waals surface area contributed by atoms with Gasteiger partial charge in [-0.05, 0) is 89.0 Å². The number of hydrogen-bond donors (Lipinski definition) is 0. The lowest BCUT2D eigenvalue weighted by molar-refractivity contribution is 0.669. The molecule has 9 aromatic carbocycles. The number of anilines is 3. The summed E-state index contributed by atoms with van der Waals surface area (Å²) in [5.74, 6) is 0. The van der Waals surface area contributed by atoms with Gasteiger partial charge < -0.3 is 13.9 Å². The number of thiophene rings is 1. The Bertz CT molecular complexity index is 3510. The molecule has 0 N–H and O–H groups in total. The maximum Gasteiger partial charge on any atom is 0.137 e. The number of benzene rings is 9. The van der Waals surface area contributed by atoms with Crippen molar-refractivity contribution in [2.24, 2.45) is 0 Å². The molecule has 0 radical (unpaired) electrons. The van der Waals surface area contributed by atoms with Crippen molar-refractivity contribution in [1.29, 1.82) is 0 Å². The molecule has 12 aromatic rings. The highest BCUT2D eigenvalue weighted by atomic mass is 32.1. The number of furan rings is 1. The standard InChI is InChI=1S/C54H34N2OS/c1-4-15-35(16-5-1)37-27-29-43-51(33-37)58-54-40(36-17-6-2-7-18-36)30-32-48(53(43)54)56(47-24-14-26-50-52(47)42-22-11-13-25-49(42)57-50)39-28-31-46-44(34-39)41-21-10-12-23-45(41)55(46)38-19-8-3-9-20-38/h1-34H. The predicted molar refractivity (Wildman–Crippen MR) is 247 cm³/mol. The van der Waals surface area contributed by atoms with E-state index in [9.17, 15) is 0 Å². The van der Waals surface area contributed by atoms with Crippen LogP contribution >= 0.6 is 11.3 Å². The summed E-state index contributed by atoms with van der Waals surface area (Å²) in [5.41, 5.74) is 13.4. The van der Waals surface area contributed by atoms with Crippen molar-refractivity contribution in [3.8, 4) is 27.9 Å². The molecule has 4 heteroatoms. The highest BCUT2D eigenvalue weighted by Gasteiger charge is 2.25. The largest absolute Gasteiger partial charge is 0.456 e. The maximum atomic E-state index is 6.54. The Morgan fingerprint density at radius 1 is 0.414 bits per heavy atom. The highest BCUT2D eigenvalue weighted by molar-refractivity contribution is 7.26. The van der Waals surface area contributed by atoms with Gasteiger partial charge in [-0.1, -0.05) is 140 Å². The molecule has 272 valence electrons. The van der Waals surface area contributed by atoms with Crippen molar-refractivity contribution in [3.05, 3.63) is 206 Å². The van der Waals surface area contributed by atoms with Crippen LogP contribution in [0.5, 0.6) is 0 Å². The van der Waals surface area contributed by atoms with Gasteiger partial charge in [-0.15, -0.1) is 11.3 Å². The zero-order valence-electron chi connectivity index (χ0n) is 31.3. The quantitative estimate of drug-likeness (QED) is 0.168. The van der Waals surface area contributed by atoms with Crippen molar-refractivity contribution in [1.82, 2.24) is 4.57 Å². The predicted octanol–water partition coefficient (Wildman–Crippen LogP) is 15.9. The molecule has 0 aliphatic rings. The van der Waals surface area contributed by atoms with Gasteiger partial charge in [0.15, 0.2) is 0 Å². The van der Waals surface area contributed by atoms with Crippen LogP contribution in [0.1, 0.15) is 0 Å². The van der Waals surface area contributed by atoms with Gasteiger partial charge in [0.1, 0.15) is 11.2 Å². The van der Waals surface area contributed by atoms with Gasteiger partial charge in [0.2, 0.25) is 0 Å². The fourth-order valence-electron chi connectivity index (χ4n) is 9.01. The Morgan fingerprint density at radius 2 is 1.09 bits per heavy atom. The van der Waals surface area contributed by atoms with E-state index in [1.54, 1.807) is 0 Å². The Kier molecular flexibility index (Phi) is 7.40. The average Bonchev–Trinajstić information content (AvgIpc) is 3.97. The molecular formula is C54H34N2OS. The summed E-state index contributed by atoms with van der Waals surface area (Å²) in [7, 11) is 0. The summed E-state index contributed by atoms with van der Waals surface area (Å²) in [6.45, 7) is 0. The van der Waals surface area contributed by atoms with Crippen LogP contribution in [0.15, 0.2) is 211 Å². The summed E-state index contributed by atoms with van der Waals surface area (Å²) >= 11 is 1.88. The third kappa shape index (κ3) is 5.05. The maximum absolute atomic E-state index is 6.54. The molecule has 0 saturated heterocycles. The minimum Gasteiger partial charge on any atom is -0.456 e. The molecule has 0 aliphatic heterocycles. The van der Waals surface area contributed by atoms with Gasteiger partial charge in [-0.2, -0.15) is 0 Å². The summed E-state index contributed by atoms with van der Waals surface area (Å²) in [5, 5.41) is 7.08. The van der Waals surface area contributed by atoms with E-state index >= 15 is 0 Å². The zero-order valence-corrected chi connectivity index (χ0v) is 32.2. The number of para-hydroxylation sites is 3. The van der Waals surface area contributed by atoms with Crippen molar-refractivity contribution in [2.75, 3.05) is 4.90 Å². The molecule has 0 fully saturated rings. The first kappa shape index (κ1) is 32.8. The molecular weight excluding hydrogens is 725 g/mol. The fourth-order valence-corrected chi connectivity index (χ4v) is 10.3. The van der Waals surface area contributed by atoms with Crippen LogP contribution in [0.3, 0.4) is 0 Å². The van der Waals surface area contributed by atoms with E-state index in [4.69, 9.17) is 4.42 Å². The summed E-state index contributed by atoms with van der Waals surface area (Å²) in [4.78, 5) is 2.48. The fraction of sp³-hybridized carbons (Fsp3) is 0. The Labute approximate surface area is 338 Å². The van der Waals surface area contributed by atoms with Gasteiger partial charge >= 0.3 is 0 Å². The normalized spacial score (nSPS) is 11.8. The molecule has 3 heterocycles. The molecule has 0 spiro atoms. The van der Waals surface area contributed by atoms with Crippen LogP contribution in [0, 0.1) is 0 Å². The van der Waals surface area contributed by atoms with Gasteiger partial charge in [0.25, 0.3) is 0 Å². The first-order valence-electron chi connectivity index (χ1n) is 19.7. The van der Waals surface area contributed by atoms with Crippen LogP contribution in [0.25, 0.3) is 91.9 Å². The van der Waals surface area contributed by atoms with E-state index in [0.29, 0.717) is 0 Å². The summed E-state index contributed by atoms with van der Waals surface area (Å²) < 4.78 is 11.4. The van der Waals surface area contributed by atoms with Gasteiger partial charge in [0.05, 0.1) is 27.8 Å². The summed E-state index contributed by atoms with van der Waals surface area (Å²) in [6, 6.07) is 74.4. The third-order valence-electron chi connectivity index (χ3n) is 11.6. The Balaban J connectivity index is 1.19. The lowest BCUT2D eigenvalue weighted by Gasteiger charge is -2.28. The minimum atomic E-state index is 0.866. The van der Waals surface area contributed by atoms with Crippen LogP contribution in [0.4, 0.5) is 17.1 Å². The molecule has 12 rings (SSSR count). The molecule has 0 atom stereocenters. The molecule has 3 nitrogen and oxygen atoms in total. The van der Waals surface area contributed by atoms with E-state index < -0.39 is 0 Å². The van der Waals surface area contributed by atoms with Gasteiger partial charge in [0, 0.05) is 47.7 Å². The SMILES string of the molecule is c1ccc(-c2ccc3c(c2)sc2c(-c4ccccc4)ccc(N(c4ccc5c(c4)c4ccccc4n5-c4ccccc4)c4cccc5oc6ccccc6c45)c23)cc1. The molecule has 3 aromatic heterocycles. The smallest absolute Gasteiger partial charge is 0.137 e. The Hall–Kier alpha value is -7.40. The second-order valence-electron chi connectivity index (χ2n) is 14.9. The van der Waals surface area contributed by atoms with E-state index in [1.807, 2.05) is 17.4 Å². The molecule has 58 heavy (non-hydrogen) atoms. The number of aromatic nitrogens is 1. The number of rotatable bonds is 6. The van der Waals surface area contributed by atoms with Crippen molar-refractivity contribution < 1.29 is 4.42 Å². The van der Waals surface area contributed by atoms with Crippen LogP contribution in [-0.4, -0.2) is 4.57 Å². The molecule has 0 unspecified atom stereocenters. The molecule has 0 aliphatic carbocycles. The van der Waals surface area contributed by atoms with Crippen LogP contribution in [0.2, 0.25) is 0 Å². The van der Waals surface area contributed by atoms with Crippen molar-refractivity contribution >= 4 is 92.3 Å². The monoisotopic (exact) mass is 758 g/mol. The van der Waals surface area contributed by atoms with Gasteiger partial charge in [-0.25, -0.2) is 0 Å². The second-order valence-corrected chi connectivity index (χ2v) is 15.9. The first-order chi connectivity index (χ1) is 28.8. The third-order valence-corrected chi connectivity index (χ3v) is 12.8. The summed E-state index contributed by atoms with van der Waals surface area (Å²) in [6.07, 6.45) is 0. The first-order valence-corrected chi connectivity index (χ1v) is 20.5. The van der Waals surface area contributed by atoms with Crippen LogP contribution < -0.4 is 4.90 Å². The minimum absolute atomic E-state index is 0.866. The topological polar surface area (TPSA) is 21.3 Å². The van der Waals surface area contributed by atoms with Crippen molar-refractivity contribution in [3.63, 3.8) is 0 Å². The highest BCUT2D eigenvalue weighted by Crippen LogP contribution is 2.51. The lowest BCUT2D eigenvalue weighted by Crippen LogP contribution is -2.11.